The van der Waals surface area contributed by atoms with Crippen LogP contribution in [0, 0.1) is 17.7 Å². The molecule has 24 heavy (non-hydrogen) atoms. The number of hydrogen-bond acceptors (Lipinski definition) is 2. The van der Waals surface area contributed by atoms with Gasteiger partial charge in [0.1, 0.15) is 5.82 Å². The highest BCUT2D eigenvalue weighted by Crippen LogP contribution is 2.24. The topological polar surface area (TPSA) is 40.6 Å². The van der Waals surface area contributed by atoms with Crippen molar-refractivity contribution in [3.63, 3.8) is 0 Å². The molecule has 5 heteroatoms. The van der Waals surface area contributed by atoms with Crippen LogP contribution in [0.4, 0.5) is 4.39 Å². The maximum atomic E-state index is 12.9. The molecule has 0 unspecified atom stereocenters. The number of halogens is 1. The van der Waals surface area contributed by atoms with E-state index in [9.17, 15) is 14.0 Å². The monoisotopic (exact) mass is 332 g/mol. The van der Waals surface area contributed by atoms with Crippen molar-refractivity contribution in [1.82, 2.24) is 9.80 Å². The van der Waals surface area contributed by atoms with Crippen molar-refractivity contribution in [2.45, 2.75) is 32.6 Å². The van der Waals surface area contributed by atoms with Gasteiger partial charge >= 0.3 is 0 Å². The Balaban J connectivity index is 1.53. The number of carbonyl (C=O) groups is 2. The molecular weight excluding hydrogens is 307 g/mol. The van der Waals surface area contributed by atoms with Gasteiger partial charge in [0, 0.05) is 32.6 Å². The summed E-state index contributed by atoms with van der Waals surface area (Å²) in [6.07, 6.45) is 3.25. The fourth-order valence-corrected chi connectivity index (χ4v) is 3.72. The number of likely N-dealkylation sites (tertiary alicyclic amines) is 2. The van der Waals surface area contributed by atoms with Crippen LogP contribution in [0.15, 0.2) is 24.3 Å². The number of carbonyl (C=O) groups excluding carboxylic acids is 2. The fourth-order valence-electron chi connectivity index (χ4n) is 3.72. The number of nitrogens with zero attached hydrogens (tertiary/aromatic N) is 2. The number of piperidine rings is 1. The number of amides is 2. The van der Waals surface area contributed by atoms with Gasteiger partial charge in [-0.3, -0.25) is 9.59 Å². The third-order valence-electron chi connectivity index (χ3n) is 5.12. The highest BCUT2D eigenvalue weighted by atomic mass is 19.1. The minimum absolute atomic E-state index is 0.0560. The van der Waals surface area contributed by atoms with Gasteiger partial charge in [0.05, 0.1) is 5.92 Å². The molecule has 0 bridgehead atoms. The summed E-state index contributed by atoms with van der Waals surface area (Å²) < 4.78 is 12.9. The maximum Gasteiger partial charge on any atom is 0.228 e. The van der Waals surface area contributed by atoms with Crippen LogP contribution in [0.5, 0.6) is 0 Å². The van der Waals surface area contributed by atoms with Gasteiger partial charge in [-0.05, 0) is 42.9 Å². The predicted octanol–water partition coefficient (Wildman–Crippen LogP) is 2.48. The second kappa shape index (κ2) is 7.32. The summed E-state index contributed by atoms with van der Waals surface area (Å²) in [5.41, 5.74) is 1.00. The molecule has 3 rings (SSSR count). The van der Waals surface area contributed by atoms with E-state index in [1.54, 1.807) is 17.0 Å². The molecule has 2 fully saturated rings. The third-order valence-corrected chi connectivity index (χ3v) is 5.12. The van der Waals surface area contributed by atoms with Gasteiger partial charge in [0.15, 0.2) is 0 Å². The van der Waals surface area contributed by atoms with E-state index in [2.05, 4.69) is 6.92 Å². The van der Waals surface area contributed by atoms with Crippen molar-refractivity contribution in [3.8, 4) is 0 Å². The van der Waals surface area contributed by atoms with E-state index >= 15 is 0 Å². The maximum absolute atomic E-state index is 12.9. The molecule has 0 aliphatic carbocycles. The highest BCUT2D eigenvalue weighted by Gasteiger charge is 2.37. The van der Waals surface area contributed by atoms with Crippen LogP contribution in [0.1, 0.15) is 31.7 Å². The Labute approximate surface area is 142 Å². The smallest absolute Gasteiger partial charge is 0.228 e. The highest BCUT2D eigenvalue weighted by molar-refractivity contribution is 5.89. The van der Waals surface area contributed by atoms with E-state index in [-0.39, 0.29) is 23.5 Å². The van der Waals surface area contributed by atoms with Gasteiger partial charge in [-0.15, -0.1) is 0 Å². The van der Waals surface area contributed by atoms with Gasteiger partial charge in [0.2, 0.25) is 11.8 Å². The lowest BCUT2D eigenvalue weighted by atomic mass is 9.98. The van der Waals surface area contributed by atoms with E-state index < -0.39 is 0 Å². The van der Waals surface area contributed by atoms with Crippen LogP contribution in [-0.2, 0) is 16.0 Å². The molecule has 0 radical (unpaired) electrons. The zero-order valence-corrected chi connectivity index (χ0v) is 14.2. The summed E-state index contributed by atoms with van der Waals surface area (Å²) in [6, 6.07) is 6.36. The van der Waals surface area contributed by atoms with Crippen LogP contribution in [0.3, 0.4) is 0 Å². The Morgan fingerprint density at radius 3 is 2.71 bits per heavy atom. The van der Waals surface area contributed by atoms with Gasteiger partial charge in [0.25, 0.3) is 0 Å². The molecule has 1 aromatic carbocycles. The first-order chi connectivity index (χ1) is 11.5. The average Bonchev–Trinajstić information content (AvgIpc) is 2.94. The molecule has 2 atom stereocenters. The predicted molar refractivity (Wildman–Crippen MR) is 89.8 cm³/mol. The van der Waals surface area contributed by atoms with Gasteiger partial charge in [-0.2, -0.15) is 0 Å². The van der Waals surface area contributed by atoms with Gasteiger partial charge in [-0.1, -0.05) is 19.1 Å². The first-order valence-electron chi connectivity index (χ1n) is 8.84. The van der Waals surface area contributed by atoms with Crippen molar-refractivity contribution in [3.05, 3.63) is 35.6 Å². The number of rotatable bonds is 4. The third kappa shape index (κ3) is 3.94. The molecular formula is C19H25FN2O2. The van der Waals surface area contributed by atoms with E-state index in [0.29, 0.717) is 31.8 Å². The fraction of sp³-hybridized carbons (Fsp3) is 0.579. The van der Waals surface area contributed by atoms with E-state index in [1.807, 2.05) is 4.90 Å². The quantitative estimate of drug-likeness (QED) is 0.850. The van der Waals surface area contributed by atoms with Crippen LogP contribution >= 0.6 is 0 Å². The van der Waals surface area contributed by atoms with Crippen LogP contribution in [-0.4, -0.2) is 47.8 Å². The zero-order chi connectivity index (χ0) is 17.1. The van der Waals surface area contributed by atoms with E-state index in [4.69, 9.17) is 0 Å². The Kier molecular flexibility index (Phi) is 5.17. The second-order valence-corrected chi connectivity index (χ2v) is 7.15. The summed E-state index contributed by atoms with van der Waals surface area (Å²) in [5.74, 6) is 0.294. The molecule has 0 saturated carbocycles. The average molecular weight is 332 g/mol. The van der Waals surface area contributed by atoms with Crippen molar-refractivity contribution in [2.24, 2.45) is 11.8 Å². The summed E-state index contributed by atoms with van der Waals surface area (Å²) in [7, 11) is 0. The molecule has 2 amide bonds. The normalized spacial score (nSPS) is 24.5. The zero-order valence-electron chi connectivity index (χ0n) is 14.2. The lowest BCUT2D eigenvalue weighted by molar-refractivity contribution is -0.137. The molecule has 4 nitrogen and oxygen atoms in total. The molecule has 0 spiro atoms. The molecule has 130 valence electrons. The van der Waals surface area contributed by atoms with Gasteiger partial charge < -0.3 is 9.80 Å². The summed E-state index contributed by atoms with van der Waals surface area (Å²) in [4.78, 5) is 28.6. The Bertz CT molecular complexity index is 602. The standard InChI is InChI=1S/C19H25FN2O2/c1-14-3-2-9-22(12-14)19(24)16-11-18(23)21(13-16)10-8-15-4-6-17(20)7-5-15/h4-7,14,16H,2-3,8-13H2,1H3/t14-,16-/m0/s1. The molecule has 0 N–H and O–H groups in total. The first kappa shape index (κ1) is 16.9. The van der Waals surface area contributed by atoms with Gasteiger partial charge in [-0.25, -0.2) is 4.39 Å². The van der Waals surface area contributed by atoms with Crippen molar-refractivity contribution in [2.75, 3.05) is 26.2 Å². The van der Waals surface area contributed by atoms with Crippen molar-refractivity contribution < 1.29 is 14.0 Å². The van der Waals surface area contributed by atoms with Crippen molar-refractivity contribution >= 4 is 11.8 Å². The molecule has 2 aliphatic heterocycles. The Morgan fingerprint density at radius 2 is 2.00 bits per heavy atom. The molecule has 2 aliphatic rings. The van der Waals surface area contributed by atoms with Crippen LogP contribution in [0.2, 0.25) is 0 Å². The minimum Gasteiger partial charge on any atom is -0.342 e. The lowest BCUT2D eigenvalue weighted by Crippen LogP contribution is -2.43. The molecule has 2 heterocycles. The number of hydrogen-bond donors (Lipinski definition) is 0. The largest absolute Gasteiger partial charge is 0.342 e. The van der Waals surface area contributed by atoms with E-state index in [1.165, 1.54) is 18.6 Å². The van der Waals surface area contributed by atoms with E-state index in [0.717, 1.165) is 25.1 Å². The summed E-state index contributed by atoms with van der Waals surface area (Å²) in [6.45, 7) is 4.92. The van der Waals surface area contributed by atoms with Crippen LogP contribution < -0.4 is 0 Å². The Morgan fingerprint density at radius 1 is 1.25 bits per heavy atom. The molecule has 2 saturated heterocycles. The number of benzene rings is 1. The lowest BCUT2D eigenvalue weighted by Gasteiger charge is -2.32. The van der Waals surface area contributed by atoms with Crippen LogP contribution in [0.25, 0.3) is 0 Å². The molecule has 1 aromatic rings. The summed E-state index contributed by atoms with van der Waals surface area (Å²) in [5, 5.41) is 0. The summed E-state index contributed by atoms with van der Waals surface area (Å²) >= 11 is 0. The first-order valence-corrected chi connectivity index (χ1v) is 8.84. The minimum atomic E-state index is -0.252. The molecule has 0 aromatic heterocycles. The Hall–Kier alpha value is -1.91. The van der Waals surface area contributed by atoms with Crippen molar-refractivity contribution in [1.29, 1.82) is 0 Å². The SMILES string of the molecule is C[C@H]1CCCN(C(=O)[C@H]2CC(=O)N(CCc3ccc(F)cc3)C2)C1. The second-order valence-electron chi connectivity index (χ2n) is 7.15.